The Morgan fingerprint density at radius 3 is 2.77 bits per heavy atom. The van der Waals surface area contributed by atoms with Gasteiger partial charge < -0.3 is 15.5 Å². The van der Waals surface area contributed by atoms with Gasteiger partial charge in [0.15, 0.2) is 0 Å². The Morgan fingerprint density at radius 2 is 1.96 bits per heavy atom. The van der Waals surface area contributed by atoms with Gasteiger partial charge in [-0.2, -0.15) is 0 Å². The molecule has 2 N–H and O–H groups in total. The van der Waals surface area contributed by atoms with Gasteiger partial charge in [0, 0.05) is 25.5 Å². The van der Waals surface area contributed by atoms with E-state index in [0.717, 1.165) is 24.9 Å². The van der Waals surface area contributed by atoms with Crippen molar-refractivity contribution >= 4 is 6.03 Å². The second kappa shape index (κ2) is 7.70. The zero-order valence-corrected chi connectivity index (χ0v) is 14.8. The molecule has 5 nitrogen and oxygen atoms in total. The van der Waals surface area contributed by atoms with Crippen LogP contribution in [0, 0.1) is 0 Å². The van der Waals surface area contributed by atoms with Crippen molar-refractivity contribution in [3.05, 3.63) is 77.6 Å². The molecule has 2 atom stereocenters. The Morgan fingerprint density at radius 1 is 1.12 bits per heavy atom. The van der Waals surface area contributed by atoms with Crippen molar-refractivity contribution in [1.29, 1.82) is 0 Å². The number of hydrogen-bond donors (Lipinski definition) is 2. The van der Waals surface area contributed by atoms with Crippen LogP contribution in [0.1, 0.15) is 17.5 Å². The lowest BCUT2D eigenvalue weighted by Crippen LogP contribution is -2.51. The molecule has 0 radical (unpaired) electrons. The molecule has 0 aliphatic carbocycles. The molecule has 0 bridgehead atoms. The van der Waals surface area contributed by atoms with Gasteiger partial charge in [-0.15, -0.1) is 0 Å². The molecule has 1 fully saturated rings. The van der Waals surface area contributed by atoms with Crippen molar-refractivity contribution in [3.8, 4) is 0 Å². The zero-order valence-electron chi connectivity index (χ0n) is 14.8. The van der Waals surface area contributed by atoms with E-state index in [9.17, 15) is 4.79 Å². The predicted molar refractivity (Wildman–Crippen MR) is 102 cm³/mol. The molecule has 2 aliphatic heterocycles. The molecule has 2 amide bonds. The van der Waals surface area contributed by atoms with Crippen LogP contribution in [-0.2, 0) is 13.0 Å². The first-order valence-electron chi connectivity index (χ1n) is 9.21. The van der Waals surface area contributed by atoms with Crippen LogP contribution in [0.25, 0.3) is 0 Å². The highest BCUT2D eigenvalue weighted by atomic mass is 16.2. The van der Waals surface area contributed by atoms with Gasteiger partial charge in [0.2, 0.25) is 0 Å². The minimum absolute atomic E-state index is 0.00490. The summed E-state index contributed by atoms with van der Waals surface area (Å²) in [6.07, 6.45) is 7.89. The first kappa shape index (κ1) is 16.8. The summed E-state index contributed by atoms with van der Waals surface area (Å²) in [5.74, 6) is 0. The van der Waals surface area contributed by atoms with Crippen molar-refractivity contribution in [2.45, 2.75) is 31.5 Å². The monoisotopic (exact) mass is 348 g/mol. The predicted octanol–water partition coefficient (Wildman–Crippen LogP) is 2.51. The van der Waals surface area contributed by atoms with Crippen molar-refractivity contribution in [2.75, 3.05) is 13.1 Å². The van der Waals surface area contributed by atoms with Gasteiger partial charge in [-0.3, -0.25) is 4.98 Å². The standard InChI is InChI=1S/C21H24N4O/c26-21-24-14-19(25(21)15-17-8-4-10-22-13-17)20-18(9-5-11-23-20)12-16-6-2-1-3-7-16/h1-4,6-10,13,19-20,23H,5,11-12,14-15H2,(H,24,26). The van der Waals surface area contributed by atoms with Gasteiger partial charge in [-0.05, 0) is 36.6 Å². The Balaban J connectivity index is 1.54. The SMILES string of the molecule is O=C1NCC(C2NCCC=C2Cc2ccccc2)N1Cc1cccnc1. The van der Waals surface area contributed by atoms with Crippen LogP contribution in [-0.4, -0.2) is 41.1 Å². The average molecular weight is 348 g/mol. The van der Waals surface area contributed by atoms with E-state index in [-0.39, 0.29) is 18.1 Å². The third-order valence-electron chi connectivity index (χ3n) is 5.15. The fraction of sp³-hybridized carbons (Fsp3) is 0.333. The summed E-state index contributed by atoms with van der Waals surface area (Å²) in [5.41, 5.74) is 3.74. The Labute approximate surface area is 154 Å². The summed E-state index contributed by atoms with van der Waals surface area (Å²) in [5, 5.41) is 6.67. The topological polar surface area (TPSA) is 57.3 Å². The first-order valence-corrected chi connectivity index (χ1v) is 9.21. The summed E-state index contributed by atoms with van der Waals surface area (Å²) in [4.78, 5) is 18.6. The van der Waals surface area contributed by atoms with Crippen molar-refractivity contribution < 1.29 is 4.79 Å². The molecule has 1 aromatic carbocycles. The summed E-state index contributed by atoms with van der Waals surface area (Å²) in [6, 6.07) is 14.8. The molecule has 2 unspecified atom stereocenters. The highest BCUT2D eigenvalue weighted by Gasteiger charge is 2.38. The highest BCUT2D eigenvalue weighted by Crippen LogP contribution is 2.24. The molecule has 5 heteroatoms. The molecule has 4 rings (SSSR count). The largest absolute Gasteiger partial charge is 0.336 e. The fourth-order valence-electron chi connectivity index (χ4n) is 3.88. The molecular weight excluding hydrogens is 324 g/mol. The van der Waals surface area contributed by atoms with E-state index in [1.54, 1.807) is 6.20 Å². The number of urea groups is 1. The molecule has 0 saturated carbocycles. The van der Waals surface area contributed by atoms with Gasteiger partial charge in [0.25, 0.3) is 0 Å². The molecule has 26 heavy (non-hydrogen) atoms. The van der Waals surface area contributed by atoms with Gasteiger partial charge in [-0.25, -0.2) is 4.79 Å². The number of amides is 2. The Bertz CT molecular complexity index is 775. The van der Waals surface area contributed by atoms with Crippen LogP contribution in [0.4, 0.5) is 4.79 Å². The molecule has 2 aromatic rings. The number of carbonyl (C=O) groups is 1. The number of benzene rings is 1. The van der Waals surface area contributed by atoms with E-state index in [1.165, 1.54) is 11.1 Å². The zero-order chi connectivity index (χ0) is 17.8. The summed E-state index contributed by atoms with van der Waals surface area (Å²) >= 11 is 0. The highest BCUT2D eigenvalue weighted by molar-refractivity contribution is 5.77. The lowest BCUT2D eigenvalue weighted by molar-refractivity contribution is 0.190. The quantitative estimate of drug-likeness (QED) is 0.817. The van der Waals surface area contributed by atoms with E-state index in [4.69, 9.17) is 0 Å². The van der Waals surface area contributed by atoms with Gasteiger partial charge in [-0.1, -0.05) is 48.0 Å². The maximum atomic E-state index is 12.4. The fourth-order valence-corrected chi connectivity index (χ4v) is 3.88. The van der Waals surface area contributed by atoms with Crippen LogP contribution < -0.4 is 10.6 Å². The normalized spacial score (nSPS) is 22.8. The van der Waals surface area contributed by atoms with Gasteiger partial charge in [0.05, 0.1) is 12.1 Å². The summed E-state index contributed by atoms with van der Waals surface area (Å²) in [6.45, 7) is 2.21. The number of pyridine rings is 1. The number of nitrogens with zero attached hydrogens (tertiary/aromatic N) is 2. The van der Waals surface area contributed by atoms with E-state index >= 15 is 0 Å². The average Bonchev–Trinajstić information content (AvgIpc) is 3.04. The Kier molecular flexibility index (Phi) is 4.97. The summed E-state index contributed by atoms with van der Waals surface area (Å²) in [7, 11) is 0. The van der Waals surface area contributed by atoms with Crippen LogP contribution >= 0.6 is 0 Å². The molecule has 1 aromatic heterocycles. The minimum Gasteiger partial charge on any atom is -0.336 e. The second-order valence-corrected chi connectivity index (χ2v) is 6.90. The number of carbonyl (C=O) groups excluding carboxylic acids is 1. The van der Waals surface area contributed by atoms with Gasteiger partial charge >= 0.3 is 6.03 Å². The van der Waals surface area contributed by atoms with Crippen LogP contribution in [0.3, 0.4) is 0 Å². The number of nitrogens with one attached hydrogen (secondary N) is 2. The van der Waals surface area contributed by atoms with E-state index < -0.39 is 0 Å². The Hall–Kier alpha value is -2.66. The third kappa shape index (κ3) is 3.63. The molecule has 134 valence electrons. The molecule has 0 spiro atoms. The molecule has 3 heterocycles. The van der Waals surface area contributed by atoms with Crippen molar-refractivity contribution in [3.63, 3.8) is 0 Å². The second-order valence-electron chi connectivity index (χ2n) is 6.90. The smallest absolute Gasteiger partial charge is 0.318 e. The number of rotatable bonds is 5. The lowest BCUT2D eigenvalue weighted by atomic mass is 9.90. The van der Waals surface area contributed by atoms with Crippen LogP contribution in [0.15, 0.2) is 66.5 Å². The number of hydrogen-bond acceptors (Lipinski definition) is 3. The van der Waals surface area contributed by atoms with E-state index in [0.29, 0.717) is 13.1 Å². The minimum atomic E-state index is 0.00490. The third-order valence-corrected chi connectivity index (χ3v) is 5.15. The van der Waals surface area contributed by atoms with Gasteiger partial charge in [0.1, 0.15) is 0 Å². The maximum absolute atomic E-state index is 12.4. The molecular formula is C21H24N4O. The van der Waals surface area contributed by atoms with Crippen molar-refractivity contribution in [2.24, 2.45) is 0 Å². The van der Waals surface area contributed by atoms with E-state index in [1.807, 2.05) is 29.3 Å². The number of aromatic nitrogens is 1. The van der Waals surface area contributed by atoms with Crippen LogP contribution in [0.2, 0.25) is 0 Å². The first-order chi connectivity index (χ1) is 12.8. The molecule has 2 aliphatic rings. The van der Waals surface area contributed by atoms with E-state index in [2.05, 4.69) is 46.0 Å². The molecule has 1 saturated heterocycles. The van der Waals surface area contributed by atoms with Crippen LogP contribution in [0.5, 0.6) is 0 Å². The lowest BCUT2D eigenvalue weighted by Gasteiger charge is -2.35. The van der Waals surface area contributed by atoms with Crippen molar-refractivity contribution in [1.82, 2.24) is 20.5 Å². The summed E-state index contributed by atoms with van der Waals surface area (Å²) < 4.78 is 0. The maximum Gasteiger partial charge on any atom is 0.318 e.